The van der Waals surface area contributed by atoms with Gasteiger partial charge >= 0.3 is 0 Å². The minimum Gasteiger partial charge on any atom is -0.493 e. The quantitative estimate of drug-likeness (QED) is 0.239. The molecule has 0 unspecified atom stereocenters. The van der Waals surface area contributed by atoms with Crippen molar-refractivity contribution in [3.05, 3.63) is 59.2 Å². The number of benzene rings is 2. The first-order chi connectivity index (χ1) is 17.2. The maximum Gasteiger partial charge on any atom is 0.206 e. The van der Waals surface area contributed by atoms with Gasteiger partial charge in [0.05, 0.1) is 44.3 Å². The van der Waals surface area contributed by atoms with Crippen molar-refractivity contribution in [1.82, 2.24) is 0 Å². The fourth-order valence-electron chi connectivity index (χ4n) is 4.09. The van der Waals surface area contributed by atoms with Crippen LogP contribution in [0.5, 0.6) is 17.2 Å². The van der Waals surface area contributed by atoms with Gasteiger partial charge in [0.15, 0.2) is 23.1 Å². The summed E-state index contributed by atoms with van der Waals surface area (Å²) in [5.74, 6) is -0.646. The Morgan fingerprint density at radius 2 is 1.72 bits per heavy atom. The van der Waals surface area contributed by atoms with Crippen molar-refractivity contribution in [3.63, 3.8) is 0 Å². The molecule has 1 aliphatic heterocycles. The zero-order valence-electron chi connectivity index (χ0n) is 21.7. The molecule has 1 heterocycles. The molecule has 1 saturated heterocycles. The van der Waals surface area contributed by atoms with Gasteiger partial charge in [0, 0.05) is 11.6 Å². The first kappa shape index (κ1) is 27.6. The van der Waals surface area contributed by atoms with Crippen LogP contribution < -0.4 is 14.2 Å². The number of rotatable bonds is 11. The van der Waals surface area contributed by atoms with Crippen LogP contribution in [-0.2, 0) is 20.9 Å². The van der Waals surface area contributed by atoms with Gasteiger partial charge in [0.2, 0.25) is 5.78 Å². The molecule has 8 heteroatoms. The van der Waals surface area contributed by atoms with E-state index in [4.69, 9.17) is 23.7 Å². The minimum atomic E-state index is -1.04. The molecule has 36 heavy (non-hydrogen) atoms. The summed E-state index contributed by atoms with van der Waals surface area (Å²) in [7, 11) is 2.39. The molecule has 0 amide bonds. The fourth-order valence-corrected chi connectivity index (χ4v) is 5.09. The molecular weight excluding hydrogens is 480 g/mol. The lowest BCUT2D eigenvalue weighted by molar-refractivity contribution is -0.154. The van der Waals surface area contributed by atoms with E-state index in [0.29, 0.717) is 36.0 Å². The Labute approximate surface area is 215 Å². The van der Waals surface area contributed by atoms with Crippen LogP contribution in [-0.4, -0.2) is 62.2 Å². The van der Waals surface area contributed by atoms with E-state index in [1.54, 1.807) is 25.1 Å². The van der Waals surface area contributed by atoms with Crippen LogP contribution in [0.25, 0.3) is 6.08 Å². The molecule has 0 aliphatic carbocycles. The monoisotopic (exact) mass is 514 g/mol. The van der Waals surface area contributed by atoms with Gasteiger partial charge in [0.25, 0.3) is 0 Å². The third kappa shape index (κ3) is 6.24. The van der Waals surface area contributed by atoms with Crippen molar-refractivity contribution in [2.45, 2.75) is 32.7 Å². The average Bonchev–Trinajstić information content (AvgIpc) is 3.28. The Bertz CT molecular complexity index is 1160. The van der Waals surface area contributed by atoms with Crippen LogP contribution in [0.4, 0.5) is 0 Å². The van der Waals surface area contributed by atoms with Crippen molar-refractivity contribution < 1.29 is 33.3 Å². The molecular formula is C28H34O7S. The smallest absolute Gasteiger partial charge is 0.206 e. The Balaban J connectivity index is 2.13. The lowest BCUT2D eigenvalue weighted by atomic mass is 9.95. The number of ketones is 2. The predicted molar refractivity (Wildman–Crippen MR) is 144 cm³/mol. The van der Waals surface area contributed by atoms with E-state index in [1.807, 2.05) is 49.8 Å². The van der Waals surface area contributed by atoms with Gasteiger partial charge in [-0.05, 0) is 31.9 Å². The number of carbonyl (C=O) groups excluding carboxylic acids is 2. The summed E-state index contributed by atoms with van der Waals surface area (Å²) in [6, 6.07) is 11.3. The van der Waals surface area contributed by atoms with E-state index in [-0.39, 0.29) is 29.2 Å². The van der Waals surface area contributed by atoms with Crippen molar-refractivity contribution >= 4 is 33.0 Å². The standard InChI is InChI=1S/C28H34O7S/c1-7-11-20-24(25(30)27(36(5)6)21(29)17-28(2)34-14-15-35-28)22(16-23(31-3)26(20)32-4)33-18-19-12-9-8-10-13-19/h7-13,16H,14-15,17-18H2,1-6H3/b11-7+. The van der Waals surface area contributed by atoms with E-state index in [2.05, 4.69) is 0 Å². The van der Waals surface area contributed by atoms with Gasteiger partial charge in [0.1, 0.15) is 12.4 Å². The van der Waals surface area contributed by atoms with E-state index in [1.165, 1.54) is 14.2 Å². The maximum atomic E-state index is 14.2. The summed E-state index contributed by atoms with van der Waals surface area (Å²) >= 11 is 0. The Kier molecular flexibility index (Phi) is 9.48. The summed E-state index contributed by atoms with van der Waals surface area (Å²) in [5, 5.41) is 0. The number of hydrogen-bond donors (Lipinski definition) is 0. The van der Waals surface area contributed by atoms with E-state index in [0.717, 1.165) is 5.56 Å². The van der Waals surface area contributed by atoms with Crippen molar-refractivity contribution in [1.29, 1.82) is 0 Å². The van der Waals surface area contributed by atoms with Gasteiger partial charge in [-0.25, -0.2) is 0 Å². The molecule has 7 nitrogen and oxygen atoms in total. The highest BCUT2D eigenvalue weighted by molar-refractivity contribution is 8.16. The third-order valence-corrected chi connectivity index (χ3v) is 6.95. The molecule has 1 aliphatic rings. The molecule has 0 N–H and O–H groups in total. The summed E-state index contributed by atoms with van der Waals surface area (Å²) in [4.78, 5) is 27.8. The highest BCUT2D eigenvalue weighted by atomic mass is 32.2. The lowest BCUT2D eigenvalue weighted by Crippen LogP contribution is -2.35. The minimum absolute atomic E-state index is 0.0499. The number of carbonyl (C=O) groups is 2. The summed E-state index contributed by atoms with van der Waals surface area (Å²) in [6.45, 7) is 4.62. The summed E-state index contributed by atoms with van der Waals surface area (Å²) in [5.41, 5.74) is 1.68. The second-order valence-corrected chi connectivity index (χ2v) is 10.6. The second kappa shape index (κ2) is 12.3. The van der Waals surface area contributed by atoms with Gasteiger partial charge in [-0.2, -0.15) is 10.5 Å². The molecule has 3 rings (SSSR count). The van der Waals surface area contributed by atoms with Crippen LogP contribution in [0.15, 0.2) is 42.5 Å². The number of allylic oxidation sites excluding steroid dienone is 1. The second-order valence-electron chi connectivity index (χ2n) is 8.58. The molecule has 0 saturated carbocycles. The SMILES string of the molecule is C/C=C/c1c(OC)c(OC)cc(OCc2ccccc2)c1C(=O)C(C(=O)CC1(C)OCCO1)=S(C)C. The van der Waals surface area contributed by atoms with Gasteiger partial charge in [-0.1, -0.05) is 42.5 Å². The molecule has 1 fully saturated rings. The Morgan fingerprint density at radius 1 is 1.06 bits per heavy atom. The number of Topliss-reactive ketones (excluding diaryl/α,β-unsaturated/α-hetero) is 2. The van der Waals surface area contributed by atoms with E-state index in [9.17, 15) is 9.59 Å². The first-order valence-electron chi connectivity index (χ1n) is 11.6. The van der Waals surface area contributed by atoms with Crippen LogP contribution in [0.2, 0.25) is 0 Å². The van der Waals surface area contributed by atoms with Gasteiger partial charge < -0.3 is 23.7 Å². The average molecular weight is 515 g/mol. The molecule has 0 spiro atoms. The largest absolute Gasteiger partial charge is 0.493 e. The number of methoxy groups -OCH3 is 2. The summed E-state index contributed by atoms with van der Waals surface area (Å²) in [6.07, 6.45) is 7.22. The van der Waals surface area contributed by atoms with E-state index >= 15 is 0 Å². The highest BCUT2D eigenvalue weighted by Crippen LogP contribution is 2.42. The molecule has 2 aromatic carbocycles. The van der Waals surface area contributed by atoms with Crippen LogP contribution in [0, 0.1) is 0 Å². The maximum absolute atomic E-state index is 14.2. The molecule has 0 aromatic heterocycles. The molecule has 2 aromatic rings. The molecule has 0 bridgehead atoms. The highest BCUT2D eigenvalue weighted by Gasteiger charge is 2.37. The van der Waals surface area contributed by atoms with Crippen molar-refractivity contribution in [2.24, 2.45) is 0 Å². The molecule has 0 radical (unpaired) electrons. The van der Waals surface area contributed by atoms with Crippen molar-refractivity contribution in [3.8, 4) is 17.2 Å². The van der Waals surface area contributed by atoms with Gasteiger partial charge in [-0.3, -0.25) is 9.59 Å². The lowest BCUT2D eigenvalue weighted by Gasteiger charge is -2.23. The first-order valence-corrected chi connectivity index (χ1v) is 13.7. The topological polar surface area (TPSA) is 80.3 Å². The van der Waals surface area contributed by atoms with Crippen LogP contribution in [0.3, 0.4) is 0 Å². The van der Waals surface area contributed by atoms with Gasteiger partial charge in [-0.15, -0.1) is 0 Å². The van der Waals surface area contributed by atoms with Crippen LogP contribution in [0.1, 0.15) is 41.8 Å². The zero-order chi connectivity index (χ0) is 26.3. The molecule has 0 atom stereocenters. The fraction of sp³-hybridized carbons (Fsp3) is 0.393. The van der Waals surface area contributed by atoms with Crippen molar-refractivity contribution in [2.75, 3.05) is 39.9 Å². The summed E-state index contributed by atoms with van der Waals surface area (Å²) < 4.78 is 28.6. The van der Waals surface area contributed by atoms with Crippen LogP contribution >= 0.6 is 10.5 Å². The Hall–Kier alpha value is -2.94. The predicted octanol–water partition coefficient (Wildman–Crippen LogP) is 4.92. The zero-order valence-corrected chi connectivity index (χ0v) is 22.5. The normalized spacial score (nSPS) is 14.8. The number of hydrogen-bond acceptors (Lipinski definition) is 7. The number of ether oxygens (including phenoxy) is 5. The third-order valence-electron chi connectivity index (χ3n) is 5.72. The molecule has 194 valence electrons. The Morgan fingerprint density at radius 3 is 2.28 bits per heavy atom. The van der Waals surface area contributed by atoms with E-state index < -0.39 is 22.1 Å².